The SMILES string of the molecule is CC(=O)O.CN1CCC[C@@H]1CCN. The average molecular weight is 188 g/mol. The molecule has 4 nitrogen and oxygen atoms in total. The third-order valence-corrected chi connectivity index (χ3v) is 2.17. The molecule has 0 bridgehead atoms. The summed E-state index contributed by atoms with van der Waals surface area (Å²) in [6, 6.07) is 0.787. The van der Waals surface area contributed by atoms with Crippen molar-refractivity contribution in [1.29, 1.82) is 0 Å². The van der Waals surface area contributed by atoms with Gasteiger partial charge in [-0.05, 0) is 39.4 Å². The Bertz CT molecular complexity index is 147. The molecule has 1 atom stereocenters. The molecule has 0 radical (unpaired) electrons. The van der Waals surface area contributed by atoms with E-state index in [1.165, 1.54) is 25.8 Å². The molecular formula is C9H20N2O2. The number of likely N-dealkylation sites (tertiary alicyclic amines) is 1. The standard InChI is InChI=1S/C7H16N2.C2H4O2/c1-9-6-2-3-7(9)4-5-8;1-2(3)4/h7H,2-6,8H2,1H3;1H3,(H,3,4)/t7-;/m1./s1. The van der Waals surface area contributed by atoms with Gasteiger partial charge >= 0.3 is 0 Å². The maximum absolute atomic E-state index is 9.00. The quantitative estimate of drug-likeness (QED) is 0.663. The van der Waals surface area contributed by atoms with Gasteiger partial charge < -0.3 is 15.7 Å². The Balaban J connectivity index is 0.000000310. The second-order valence-electron chi connectivity index (χ2n) is 3.37. The molecule has 0 saturated carbocycles. The number of carboxylic acid groups (broad SMARTS) is 1. The number of rotatable bonds is 2. The van der Waals surface area contributed by atoms with Crippen LogP contribution in [-0.2, 0) is 4.79 Å². The van der Waals surface area contributed by atoms with Gasteiger partial charge in [0, 0.05) is 13.0 Å². The second kappa shape index (κ2) is 6.86. The molecular weight excluding hydrogens is 168 g/mol. The van der Waals surface area contributed by atoms with Crippen LogP contribution in [0.1, 0.15) is 26.2 Å². The van der Waals surface area contributed by atoms with Crippen LogP contribution < -0.4 is 5.73 Å². The Labute approximate surface area is 79.7 Å². The van der Waals surface area contributed by atoms with E-state index in [1.54, 1.807) is 0 Å². The predicted molar refractivity (Wildman–Crippen MR) is 52.6 cm³/mol. The first kappa shape index (κ1) is 12.4. The third kappa shape index (κ3) is 6.54. The van der Waals surface area contributed by atoms with Crippen LogP contribution in [0.4, 0.5) is 0 Å². The zero-order chi connectivity index (χ0) is 10.3. The summed E-state index contributed by atoms with van der Waals surface area (Å²) in [7, 11) is 2.19. The number of nitrogens with two attached hydrogens (primary N) is 1. The molecule has 0 aromatic heterocycles. The van der Waals surface area contributed by atoms with Gasteiger partial charge in [0.2, 0.25) is 0 Å². The molecule has 0 unspecified atom stereocenters. The van der Waals surface area contributed by atoms with Crippen LogP contribution >= 0.6 is 0 Å². The van der Waals surface area contributed by atoms with Gasteiger partial charge in [0.15, 0.2) is 0 Å². The fourth-order valence-electron chi connectivity index (χ4n) is 1.54. The topological polar surface area (TPSA) is 66.6 Å². The summed E-state index contributed by atoms with van der Waals surface area (Å²) in [4.78, 5) is 11.4. The van der Waals surface area contributed by atoms with Gasteiger partial charge in [-0.25, -0.2) is 0 Å². The van der Waals surface area contributed by atoms with Crippen molar-refractivity contribution >= 4 is 5.97 Å². The third-order valence-electron chi connectivity index (χ3n) is 2.17. The fraction of sp³-hybridized carbons (Fsp3) is 0.889. The maximum Gasteiger partial charge on any atom is 0.300 e. The average Bonchev–Trinajstić information content (AvgIpc) is 2.36. The molecule has 0 amide bonds. The van der Waals surface area contributed by atoms with Crippen LogP contribution in [0, 0.1) is 0 Å². The minimum atomic E-state index is -0.833. The first-order valence-corrected chi connectivity index (χ1v) is 4.67. The molecule has 1 heterocycles. The van der Waals surface area contributed by atoms with Crippen LogP contribution in [0.5, 0.6) is 0 Å². The Morgan fingerprint density at radius 2 is 2.23 bits per heavy atom. The number of carboxylic acids is 1. The van der Waals surface area contributed by atoms with Gasteiger partial charge in [0.1, 0.15) is 0 Å². The molecule has 1 saturated heterocycles. The summed E-state index contributed by atoms with van der Waals surface area (Å²) in [6.07, 6.45) is 3.89. The van der Waals surface area contributed by atoms with Gasteiger partial charge in [-0.1, -0.05) is 0 Å². The molecule has 1 aliphatic heterocycles. The summed E-state index contributed by atoms with van der Waals surface area (Å²) in [6.45, 7) is 3.19. The van der Waals surface area contributed by atoms with Crippen molar-refractivity contribution in [3.63, 3.8) is 0 Å². The molecule has 0 spiro atoms. The molecule has 0 aliphatic carbocycles. The zero-order valence-corrected chi connectivity index (χ0v) is 8.49. The van der Waals surface area contributed by atoms with Crippen molar-refractivity contribution in [3.8, 4) is 0 Å². The number of hydrogen-bond acceptors (Lipinski definition) is 3. The van der Waals surface area contributed by atoms with Gasteiger partial charge in [0.05, 0.1) is 0 Å². The van der Waals surface area contributed by atoms with E-state index in [9.17, 15) is 0 Å². The van der Waals surface area contributed by atoms with Crippen molar-refractivity contribution < 1.29 is 9.90 Å². The molecule has 13 heavy (non-hydrogen) atoms. The van der Waals surface area contributed by atoms with Crippen LogP contribution in [-0.4, -0.2) is 42.2 Å². The minimum absolute atomic E-state index is 0.787. The lowest BCUT2D eigenvalue weighted by Gasteiger charge is -2.17. The smallest absolute Gasteiger partial charge is 0.300 e. The van der Waals surface area contributed by atoms with Crippen molar-refractivity contribution in [3.05, 3.63) is 0 Å². The highest BCUT2D eigenvalue weighted by Crippen LogP contribution is 2.16. The molecule has 0 aromatic rings. The molecule has 1 rings (SSSR count). The molecule has 1 fully saturated rings. The number of carbonyl (C=O) groups is 1. The summed E-state index contributed by atoms with van der Waals surface area (Å²) in [5.74, 6) is -0.833. The van der Waals surface area contributed by atoms with E-state index in [-0.39, 0.29) is 0 Å². The Hall–Kier alpha value is -0.610. The van der Waals surface area contributed by atoms with Crippen LogP contribution in [0.15, 0.2) is 0 Å². The lowest BCUT2D eigenvalue weighted by Crippen LogP contribution is -2.27. The lowest BCUT2D eigenvalue weighted by atomic mass is 10.1. The van der Waals surface area contributed by atoms with Crippen molar-refractivity contribution in [2.45, 2.75) is 32.2 Å². The van der Waals surface area contributed by atoms with E-state index in [0.29, 0.717) is 0 Å². The predicted octanol–water partition coefficient (Wildman–Crippen LogP) is 0.520. The normalized spacial score (nSPS) is 22.2. The van der Waals surface area contributed by atoms with E-state index >= 15 is 0 Å². The molecule has 0 aromatic carbocycles. The number of nitrogens with zero attached hydrogens (tertiary/aromatic N) is 1. The molecule has 78 valence electrons. The van der Waals surface area contributed by atoms with Gasteiger partial charge in [-0.15, -0.1) is 0 Å². The highest BCUT2D eigenvalue weighted by atomic mass is 16.4. The highest BCUT2D eigenvalue weighted by molar-refractivity contribution is 5.62. The summed E-state index contributed by atoms with van der Waals surface area (Å²) < 4.78 is 0. The van der Waals surface area contributed by atoms with Crippen LogP contribution in [0.25, 0.3) is 0 Å². The molecule has 3 N–H and O–H groups in total. The fourth-order valence-corrected chi connectivity index (χ4v) is 1.54. The largest absolute Gasteiger partial charge is 0.481 e. The Morgan fingerprint density at radius 3 is 2.54 bits per heavy atom. The van der Waals surface area contributed by atoms with Gasteiger partial charge in [-0.2, -0.15) is 0 Å². The van der Waals surface area contributed by atoms with Crippen molar-refractivity contribution in [1.82, 2.24) is 4.90 Å². The highest BCUT2D eigenvalue weighted by Gasteiger charge is 2.18. The summed E-state index contributed by atoms with van der Waals surface area (Å²) in [5.41, 5.74) is 5.44. The van der Waals surface area contributed by atoms with E-state index in [2.05, 4.69) is 11.9 Å². The molecule has 4 heteroatoms. The van der Waals surface area contributed by atoms with Gasteiger partial charge in [-0.3, -0.25) is 4.79 Å². The van der Waals surface area contributed by atoms with E-state index in [0.717, 1.165) is 19.5 Å². The van der Waals surface area contributed by atoms with Crippen molar-refractivity contribution in [2.75, 3.05) is 20.1 Å². The molecule has 1 aliphatic rings. The Kier molecular flexibility index (Phi) is 6.54. The van der Waals surface area contributed by atoms with Crippen LogP contribution in [0.3, 0.4) is 0 Å². The lowest BCUT2D eigenvalue weighted by molar-refractivity contribution is -0.134. The number of aliphatic carboxylic acids is 1. The zero-order valence-electron chi connectivity index (χ0n) is 8.49. The van der Waals surface area contributed by atoms with E-state index in [4.69, 9.17) is 15.6 Å². The second-order valence-corrected chi connectivity index (χ2v) is 3.37. The summed E-state index contributed by atoms with van der Waals surface area (Å²) >= 11 is 0. The van der Waals surface area contributed by atoms with Crippen molar-refractivity contribution in [2.24, 2.45) is 5.73 Å². The van der Waals surface area contributed by atoms with Crippen LogP contribution in [0.2, 0.25) is 0 Å². The maximum atomic E-state index is 9.00. The summed E-state index contributed by atoms with van der Waals surface area (Å²) in [5, 5.41) is 7.42. The number of hydrogen-bond donors (Lipinski definition) is 2. The first-order valence-electron chi connectivity index (χ1n) is 4.67. The van der Waals surface area contributed by atoms with Gasteiger partial charge in [0.25, 0.3) is 5.97 Å². The van der Waals surface area contributed by atoms with E-state index in [1.807, 2.05) is 0 Å². The monoisotopic (exact) mass is 188 g/mol. The minimum Gasteiger partial charge on any atom is -0.481 e. The first-order chi connectivity index (χ1) is 6.07. The van der Waals surface area contributed by atoms with E-state index < -0.39 is 5.97 Å². The Morgan fingerprint density at radius 1 is 1.69 bits per heavy atom.